The van der Waals surface area contributed by atoms with Crippen LogP contribution in [0.1, 0.15) is 62.1 Å². The number of nitrogens with zero attached hydrogens (tertiary/aromatic N) is 5. The molecule has 17 heteroatoms. The Morgan fingerprint density at radius 2 is 1.71 bits per heavy atom. The summed E-state index contributed by atoms with van der Waals surface area (Å²) in [4.78, 5) is 45.3. The van der Waals surface area contributed by atoms with Crippen molar-refractivity contribution in [3.63, 3.8) is 0 Å². The molecule has 58 heavy (non-hydrogen) atoms. The SMILES string of the molecule is CC1(C)C(=O)N(c2ccc(C#N)c(C(F)(F)F)c2)C(=S)N1c1ccc(OCCN2CCN(CC(=O)Nc3cccc(NC4CCC(=O)NC4O)c3)CC2)c(C2CC2)c1. The van der Waals surface area contributed by atoms with Crippen molar-refractivity contribution in [1.82, 2.24) is 15.1 Å². The maximum absolute atomic E-state index is 13.8. The summed E-state index contributed by atoms with van der Waals surface area (Å²) in [6, 6.07) is 17.3. The molecule has 0 aromatic heterocycles. The molecule has 4 N–H and O–H groups in total. The van der Waals surface area contributed by atoms with E-state index in [1.54, 1.807) is 36.9 Å². The number of nitrogens with one attached hydrogen (secondary N) is 3. The van der Waals surface area contributed by atoms with Gasteiger partial charge in [-0.1, -0.05) is 6.07 Å². The van der Waals surface area contributed by atoms with Gasteiger partial charge in [-0.05, 0) is 111 Å². The monoisotopic (exact) mass is 818 g/mol. The van der Waals surface area contributed by atoms with Gasteiger partial charge in [-0.2, -0.15) is 18.4 Å². The number of carbonyl (C=O) groups excluding carboxylic acids is 3. The highest BCUT2D eigenvalue weighted by atomic mass is 32.1. The first-order valence-corrected chi connectivity index (χ1v) is 19.7. The molecule has 13 nitrogen and oxygen atoms in total. The van der Waals surface area contributed by atoms with E-state index in [9.17, 15) is 37.9 Å². The number of piperidine rings is 1. The van der Waals surface area contributed by atoms with Crippen molar-refractivity contribution in [2.75, 3.05) is 66.3 Å². The number of aliphatic hydroxyl groups is 1. The summed E-state index contributed by atoms with van der Waals surface area (Å²) in [6.07, 6.45) is -2.99. The molecule has 0 radical (unpaired) electrons. The summed E-state index contributed by atoms with van der Waals surface area (Å²) in [6.45, 7) is 7.67. The lowest BCUT2D eigenvalue weighted by Crippen LogP contribution is -2.51. The molecular formula is C41H45F3N8O5S. The predicted molar refractivity (Wildman–Crippen MR) is 215 cm³/mol. The molecular weight excluding hydrogens is 774 g/mol. The molecule has 1 saturated carbocycles. The normalized spacial score (nSPS) is 21.4. The van der Waals surface area contributed by atoms with Gasteiger partial charge in [0.05, 0.1) is 35.5 Å². The zero-order valence-corrected chi connectivity index (χ0v) is 33.0. The number of amides is 3. The fourth-order valence-corrected chi connectivity index (χ4v) is 8.19. The summed E-state index contributed by atoms with van der Waals surface area (Å²) in [7, 11) is 0. The van der Waals surface area contributed by atoms with Crippen LogP contribution >= 0.6 is 12.2 Å². The van der Waals surface area contributed by atoms with Crippen molar-refractivity contribution >= 4 is 57.8 Å². The van der Waals surface area contributed by atoms with E-state index in [-0.39, 0.29) is 41.1 Å². The standard InChI is InChI=1S/C41H45F3N8O5S/c1-40(2)38(56)51(29-9-8-26(23-45)32(22-29)41(42,43)44)39(58)52(40)30-10-12-34(31(21-30)25-6-7-25)57-19-18-49-14-16-50(17-15-49)24-36(54)47-28-5-3-4-27(20-28)46-33-11-13-35(53)48-37(33)55/h3-5,8-10,12,20-22,25,33,37,46,55H,6-7,11,13-19,24H2,1-2H3,(H,47,54)(H,48,53). The van der Waals surface area contributed by atoms with Gasteiger partial charge in [-0.3, -0.25) is 29.1 Å². The third-order valence-corrected chi connectivity index (χ3v) is 11.4. The van der Waals surface area contributed by atoms with Crippen molar-refractivity contribution < 1.29 is 37.4 Å². The number of rotatable bonds is 12. The van der Waals surface area contributed by atoms with Gasteiger partial charge in [0.1, 0.15) is 24.1 Å². The topological polar surface area (TPSA) is 154 Å². The van der Waals surface area contributed by atoms with Crippen LogP contribution < -0.4 is 30.5 Å². The van der Waals surface area contributed by atoms with Crippen molar-refractivity contribution in [1.29, 1.82) is 5.26 Å². The van der Waals surface area contributed by atoms with E-state index in [2.05, 4.69) is 25.8 Å². The van der Waals surface area contributed by atoms with Crippen LogP contribution in [0.2, 0.25) is 0 Å². The molecule has 3 aromatic rings. The highest BCUT2D eigenvalue weighted by Crippen LogP contribution is 2.47. The quantitative estimate of drug-likeness (QED) is 0.183. The Hall–Kier alpha value is -5.28. The minimum Gasteiger partial charge on any atom is -0.492 e. The lowest BCUT2D eigenvalue weighted by atomic mass is 10.0. The number of halogens is 3. The molecule has 2 unspecified atom stereocenters. The molecule has 3 heterocycles. The molecule has 0 spiro atoms. The van der Waals surface area contributed by atoms with Crippen LogP contribution in [0.15, 0.2) is 60.7 Å². The zero-order valence-electron chi connectivity index (χ0n) is 32.1. The number of hydrogen-bond donors (Lipinski definition) is 4. The number of alkyl halides is 3. The first kappa shape index (κ1) is 40.9. The Kier molecular flexibility index (Phi) is 11.7. The lowest BCUT2D eigenvalue weighted by Gasteiger charge is -2.34. The Morgan fingerprint density at radius 3 is 2.40 bits per heavy atom. The third-order valence-electron chi connectivity index (χ3n) is 11.0. The zero-order chi connectivity index (χ0) is 41.4. The van der Waals surface area contributed by atoms with E-state index < -0.39 is 35.0 Å². The van der Waals surface area contributed by atoms with Crippen molar-refractivity contribution in [3.8, 4) is 11.8 Å². The molecule has 3 amide bonds. The number of benzene rings is 3. The number of ether oxygens (including phenoxy) is 1. The van der Waals surface area contributed by atoms with E-state index in [1.165, 1.54) is 6.07 Å². The van der Waals surface area contributed by atoms with Gasteiger partial charge in [0.2, 0.25) is 11.8 Å². The summed E-state index contributed by atoms with van der Waals surface area (Å²) in [5.74, 6) is 0.207. The van der Waals surface area contributed by atoms with Gasteiger partial charge in [-0.15, -0.1) is 0 Å². The van der Waals surface area contributed by atoms with Gasteiger partial charge >= 0.3 is 6.18 Å². The third kappa shape index (κ3) is 8.90. The number of carbonyl (C=O) groups is 3. The Morgan fingerprint density at radius 1 is 1.00 bits per heavy atom. The molecule has 7 rings (SSSR count). The second kappa shape index (κ2) is 16.5. The number of anilines is 4. The van der Waals surface area contributed by atoms with E-state index in [4.69, 9.17) is 17.0 Å². The van der Waals surface area contributed by atoms with Gasteiger partial charge in [0, 0.05) is 56.2 Å². The maximum Gasteiger partial charge on any atom is 0.417 e. The number of hydrogen-bond acceptors (Lipinski definition) is 10. The number of thiocarbonyl (C=S) groups is 1. The van der Waals surface area contributed by atoms with Gasteiger partial charge in [0.25, 0.3) is 5.91 Å². The second-order valence-electron chi connectivity index (χ2n) is 15.6. The Balaban J connectivity index is 0.913. The van der Waals surface area contributed by atoms with Gasteiger partial charge in [0.15, 0.2) is 5.11 Å². The van der Waals surface area contributed by atoms with E-state index in [0.717, 1.165) is 60.0 Å². The Bertz CT molecular complexity index is 2130. The summed E-state index contributed by atoms with van der Waals surface area (Å²) < 4.78 is 47.7. The maximum atomic E-state index is 13.8. The summed E-state index contributed by atoms with van der Waals surface area (Å²) in [5, 5.41) is 28.2. The number of nitriles is 1. The van der Waals surface area contributed by atoms with Crippen LogP contribution in [0.3, 0.4) is 0 Å². The van der Waals surface area contributed by atoms with Crippen LogP contribution in [0.5, 0.6) is 5.75 Å². The first-order valence-electron chi connectivity index (χ1n) is 19.3. The second-order valence-corrected chi connectivity index (χ2v) is 15.9. The van der Waals surface area contributed by atoms with E-state index >= 15 is 0 Å². The van der Waals surface area contributed by atoms with Gasteiger partial charge < -0.3 is 30.7 Å². The summed E-state index contributed by atoms with van der Waals surface area (Å²) in [5.41, 5.74) is 0.0310. The smallest absolute Gasteiger partial charge is 0.417 e. The summed E-state index contributed by atoms with van der Waals surface area (Å²) >= 11 is 5.75. The van der Waals surface area contributed by atoms with Crippen LogP contribution in [-0.4, -0.2) is 101 Å². The lowest BCUT2D eigenvalue weighted by molar-refractivity contribution is -0.137. The van der Waals surface area contributed by atoms with Crippen LogP contribution in [0, 0.1) is 11.3 Å². The van der Waals surface area contributed by atoms with Crippen LogP contribution in [0.25, 0.3) is 0 Å². The Labute approximate surface area is 339 Å². The molecule has 1 aliphatic carbocycles. The van der Waals surface area contributed by atoms with E-state index in [1.807, 2.05) is 30.3 Å². The molecule has 306 valence electrons. The highest BCUT2D eigenvalue weighted by Gasteiger charge is 2.51. The van der Waals surface area contributed by atoms with Crippen LogP contribution in [0.4, 0.5) is 35.9 Å². The van der Waals surface area contributed by atoms with Gasteiger partial charge in [-0.25, -0.2) is 0 Å². The van der Waals surface area contributed by atoms with Crippen LogP contribution in [-0.2, 0) is 20.6 Å². The van der Waals surface area contributed by atoms with E-state index in [0.29, 0.717) is 50.5 Å². The highest BCUT2D eigenvalue weighted by molar-refractivity contribution is 7.81. The molecule has 3 aliphatic heterocycles. The van der Waals surface area contributed by atoms with Crippen molar-refractivity contribution in [2.24, 2.45) is 0 Å². The van der Waals surface area contributed by atoms with Crippen molar-refractivity contribution in [2.45, 2.75) is 69.4 Å². The molecule has 3 aromatic carbocycles. The fraction of sp³-hybridized carbons (Fsp3) is 0.439. The predicted octanol–water partition coefficient (Wildman–Crippen LogP) is 5.02. The average Bonchev–Trinajstić information content (AvgIpc) is 4.00. The molecule has 3 saturated heterocycles. The molecule has 4 fully saturated rings. The number of aliphatic hydroxyl groups excluding tert-OH is 1. The largest absolute Gasteiger partial charge is 0.492 e. The first-order chi connectivity index (χ1) is 27.6. The average molecular weight is 819 g/mol. The molecule has 0 bridgehead atoms. The molecule has 4 aliphatic rings. The minimum absolute atomic E-state index is 0.0381. The van der Waals surface area contributed by atoms with Crippen molar-refractivity contribution in [3.05, 3.63) is 77.4 Å². The minimum atomic E-state index is -4.79. The molecule has 2 atom stereocenters. The number of piperazine rings is 1. The fourth-order valence-electron chi connectivity index (χ4n) is 7.67.